The lowest BCUT2D eigenvalue weighted by molar-refractivity contribution is -0.132. The van der Waals surface area contributed by atoms with Crippen LogP contribution >= 0.6 is 22.9 Å². The van der Waals surface area contributed by atoms with Crippen LogP contribution < -0.4 is 14.4 Å². The molecule has 182 valence electrons. The van der Waals surface area contributed by atoms with Crippen LogP contribution in [-0.4, -0.2) is 35.5 Å². The lowest BCUT2D eigenvalue weighted by atomic mass is 9.95. The topological polar surface area (TPSA) is 89.0 Å². The van der Waals surface area contributed by atoms with E-state index in [1.54, 1.807) is 67.8 Å². The number of carbonyl (C=O) groups is 2. The van der Waals surface area contributed by atoms with Gasteiger partial charge in [-0.2, -0.15) is 0 Å². The number of carbonyl (C=O) groups excluding carboxylic acids is 2. The summed E-state index contributed by atoms with van der Waals surface area (Å²) in [4.78, 5) is 32.7. The Morgan fingerprint density at radius 1 is 1.06 bits per heavy atom. The molecule has 1 aliphatic rings. The summed E-state index contributed by atoms with van der Waals surface area (Å²) >= 11 is 7.37. The maximum atomic E-state index is 13.4. The fourth-order valence-corrected chi connectivity index (χ4v) is 5.29. The number of hydrogen-bond donors (Lipinski definition) is 1. The summed E-state index contributed by atoms with van der Waals surface area (Å²) in [7, 11) is 1.57. The third kappa shape index (κ3) is 4.19. The van der Waals surface area contributed by atoms with Crippen molar-refractivity contribution in [3.63, 3.8) is 0 Å². The van der Waals surface area contributed by atoms with Crippen molar-refractivity contribution in [3.8, 4) is 11.5 Å². The maximum Gasteiger partial charge on any atom is 0.301 e. The first-order valence-corrected chi connectivity index (χ1v) is 12.3. The molecule has 5 rings (SSSR count). The minimum atomic E-state index is -0.892. The van der Waals surface area contributed by atoms with E-state index in [1.165, 1.54) is 16.2 Å². The normalized spacial score (nSPS) is 17.1. The molecule has 1 fully saturated rings. The van der Waals surface area contributed by atoms with E-state index in [4.69, 9.17) is 21.1 Å². The number of ketones is 1. The molecule has 4 aromatic rings. The monoisotopic (exact) mass is 520 g/mol. The van der Waals surface area contributed by atoms with Crippen LogP contribution in [0.2, 0.25) is 5.02 Å². The van der Waals surface area contributed by atoms with Gasteiger partial charge in [-0.25, -0.2) is 4.98 Å². The summed E-state index contributed by atoms with van der Waals surface area (Å²) in [5.41, 5.74) is 1.65. The van der Waals surface area contributed by atoms with Crippen LogP contribution in [0.3, 0.4) is 0 Å². The number of hydrogen-bond acceptors (Lipinski definition) is 7. The Morgan fingerprint density at radius 2 is 1.75 bits per heavy atom. The number of amides is 1. The van der Waals surface area contributed by atoms with Crippen molar-refractivity contribution in [1.82, 2.24) is 4.98 Å². The first-order chi connectivity index (χ1) is 17.4. The van der Waals surface area contributed by atoms with Gasteiger partial charge in [0.25, 0.3) is 5.78 Å². The number of aliphatic hydroxyl groups is 1. The van der Waals surface area contributed by atoms with Gasteiger partial charge >= 0.3 is 5.91 Å². The molecule has 0 spiro atoms. The zero-order chi connectivity index (χ0) is 25.4. The highest BCUT2D eigenvalue weighted by molar-refractivity contribution is 7.22. The Labute approximate surface area is 216 Å². The second-order valence-electron chi connectivity index (χ2n) is 8.01. The number of aliphatic hydroxyl groups excluding tert-OH is 1. The van der Waals surface area contributed by atoms with Crippen LogP contribution in [0.1, 0.15) is 24.1 Å². The van der Waals surface area contributed by atoms with E-state index in [0.29, 0.717) is 44.9 Å². The van der Waals surface area contributed by atoms with Gasteiger partial charge in [-0.1, -0.05) is 35.1 Å². The molecule has 1 atom stereocenters. The van der Waals surface area contributed by atoms with Crippen LogP contribution in [0.15, 0.2) is 72.3 Å². The smallest absolute Gasteiger partial charge is 0.301 e. The van der Waals surface area contributed by atoms with Gasteiger partial charge in [0.2, 0.25) is 0 Å². The molecular formula is C27H21ClN2O5S. The molecule has 0 unspecified atom stereocenters. The molecule has 0 aliphatic carbocycles. The second kappa shape index (κ2) is 9.64. The Bertz CT molecular complexity index is 1500. The molecular weight excluding hydrogens is 500 g/mol. The number of rotatable bonds is 6. The van der Waals surface area contributed by atoms with E-state index in [2.05, 4.69) is 4.98 Å². The molecule has 36 heavy (non-hydrogen) atoms. The summed E-state index contributed by atoms with van der Waals surface area (Å²) in [5.74, 6) is -0.550. The van der Waals surface area contributed by atoms with Gasteiger partial charge in [0.05, 0.1) is 35.5 Å². The summed E-state index contributed by atoms with van der Waals surface area (Å²) in [6.07, 6.45) is 0. The number of aromatic nitrogens is 1. The largest absolute Gasteiger partial charge is 0.507 e. The summed E-state index contributed by atoms with van der Waals surface area (Å²) in [6, 6.07) is 18.0. The number of thiazole rings is 1. The molecule has 1 N–H and O–H groups in total. The average molecular weight is 521 g/mol. The van der Waals surface area contributed by atoms with Crippen LogP contribution in [0.5, 0.6) is 11.5 Å². The summed E-state index contributed by atoms with van der Waals surface area (Å²) in [5, 5.41) is 12.1. The molecule has 1 saturated heterocycles. The predicted octanol–water partition coefficient (Wildman–Crippen LogP) is 5.98. The van der Waals surface area contributed by atoms with Gasteiger partial charge in [0.15, 0.2) is 5.13 Å². The van der Waals surface area contributed by atoms with Gasteiger partial charge in [0, 0.05) is 10.6 Å². The third-order valence-electron chi connectivity index (χ3n) is 5.86. The highest BCUT2D eigenvalue weighted by atomic mass is 35.5. The quantitative estimate of drug-likeness (QED) is 0.191. The van der Waals surface area contributed by atoms with Gasteiger partial charge in [-0.3, -0.25) is 14.5 Å². The fraction of sp³-hybridized carbons (Fsp3) is 0.148. The SMILES string of the molecule is CCOc1ccc(/C(O)=C2\C(=O)C(=O)N(c3nc4ccc(OC)cc4s3)[C@@H]2c2ccc(Cl)cc2)cc1. The number of fused-ring (bicyclic) bond motifs is 1. The van der Waals surface area contributed by atoms with E-state index in [0.717, 1.165) is 4.70 Å². The Morgan fingerprint density at radius 3 is 2.42 bits per heavy atom. The van der Waals surface area contributed by atoms with Crippen LogP contribution in [0.25, 0.3) is 16.0 Å². The average Bonchev–Trinajstić information content (AvgIpc) is 3.42. The van der Waals surface area contributed by atoms with Crippen molar-refractivity contribution in [2.45, 2.75) is 13.0 Å². The zero-order valence-electron chi connectivity index (χ0n) is 19.4. The molecule has 7 nitrogen and oxygen atoms in total. The zero-order valence-corrected chi connectivity index (χ0v) is 21.0. The second-order valence-corrected chi connectivity index (χ2v) is 9.45. The number of nitrogens with zero attached hydrogens (tertiary/aromatic N) is 2. The third-order valence-corrected chi connectivity index (χ3v) is 7.13. The van der Waals surface area contributed by atoms with E-state index < -0.39 is 17.7 Å². The Balaban J connectivity index is 1.67. The van der Waals surface area contributed by atoms with Crippen LogP contribution in [-0.2, 0) is 9.59 Å². The van der Waals surface area contributed by atoms with Crippen molar-refractivity contribution < 1.29 is 24.2 Å². The van der Waals surface area contributed by atoms with Crippen LogP contribution in [0.4, 0.5) is 5.13 Å². The highest BCUT2D eigenvalue weighted by Crippen LogP contribution is 2.44. The summed E-state index contributed by atoms with van der Waals surface area (Å²) in [6.45, 7) is 2.38. The molecule has 0 bridgehead atoms. The van der Waals surface area contributed by atoms with Gasteiger partial charge < -0.3 is 14.6 Å². The fourth-order valence-electron chi connectivity index (χ4n) is 4.14. The maximum absolute atomic E-state index is 13.4. The number of halogens is 1. The molecule has 0 saturated carbocycles. The van der Waals surface area contributed by atoms with Gasteiger partial charge in [-0.15, -0.1) is 0 Å². The number of ether oxygens (including phenoxy) is 2. The minimum Gasteiger partial charge on any atom is -0.507 e. The standard InChI is InChI=1S/C27H21ClN2O5S/c1-3-35-18-10-6-16(7-11-18)24(31)22-23(15-4-8-17(28)9-5-15)30(26(33)25(22)32)27-29-20-13-12-19(34-2)14-21(20)36-27/h4-14,23,31H,3H2,1-2H3/b24-22+/t23-/m1/s1. The predicted molar refractivity (Wildman–Crippen MR) is 140 cm³/mol. The van der Waals surface area contributed by atoms with E-state index in [-0.39, 0.29) is 11.3 Å². The number of anilines is 1. The molecule has 1 amide bonds. The van der Waals surface area contributed by atoms with Gasteiger partial charge in [-0.05, 0) is 67.1 Å². The molecule has 3 aromatic carbocycles. The van der Waals surface area contributed by atoms with Gasteiger partial charge in [0.1, 0.15) is 17.3 Å². The number of Topliss-reactive ketones (excluding diaryl/α,β-unsaturated/α-hetero) is 1. The van der Waals surface area contributed by atoms with Crippen molar-refractivity contribution in [2.24, 2.45) is 0 Å². The van der Waals surface area contributed by atoms with Crippen molar-refractivity contribution in [1.29, 1.82) is 0 Å². The van der Waals surface area contributed by atoms with E-state index in [1.807, 2.05) is 13.0 Å². The minimum absolute atomic E-state index is 0.0247. The molecule has 0 radical (unpaired) electrons. The van der Waals surface area contributed by atoms with Crippen molar-refractivity contribution >= 4 is 55.7 Å². The van der Waals surface area contributed by atoms with Crippen molar-refractivity contribution in [2.75, 3.05) is 18.6 Å². The van der Waals surface area contributed by atoms with E-state index >= 15 is 0 Å². The first kappa shape index (κ1) is 23.8. The molecule has 1 aliphatic heterocycles. The van der Waals surface area contributed by atoms with Crippen LogP contribution in [0, 0.1) is 0 Å². The lowest BCUT2D eigenvalue weighted by Gasteiger charge is -2.23. The number of benzene rings is 3. The van der Waals surface area contributed by atoms with E-state index in [9.17, 15) is 14.7 Å². The lowest BCUT2D eigenvalue weighted by Crippen LogP contribution is -2.29. The first-order valence-electron chi connectivity index (χ1n) is 11.2. The number of methoxy groups -OCH3 is 1. The molecule has 9 heteroatoms. The highest BCUT2D eigenvalue weighted by Gasteiger charge is 2.48. The molecule has 2 heterocycles. The summed E-state index contributed by atoms with van der Waals surface area (Å²) < 4.78 is 11.6. The Hall–Kier alpha value is -3.88. The Kier molecular flexibility index (Phi) is 6.38. The van der Waals surface area contributed by atoms with Crippen molar-refractivity contribution in [3.05, 3.63) is 88.5 Å². The molecule has 1 aromatic heterocycles.